The third kappa shape index (κ3) is 3.74. The Morgan fingerprint density at radius 3 is 2.62 bits per heavy atom. The third-order valence-corrected chi connectivity index (χ3v) is 2.13. The summed E-state index contributed by atoms with van der Waals surface area (Å²) in [6.45, 7) is 10.2. The van der Waals surface area contributed by atoms with Gasteiger partial charge < -0.3 is 10.1 Å². The van der Waals surface area contributed by atoms with Crippen LogP contribution < -0.4 is 5.32 Å². The van der Waals surface area contributed by atoms with Crippen molar-refractivity contribution >= 4 is 6.47 Å². The van der Waals surface area contributed by atoms with Crippen LogP contribution in [-0.4, -0.2) is 49.7 Å². The van der Waals surface area contributed by atoms with E-state index in [9.17, 15) is 4.79 Å². The van der Waals surface area contributed by atoms with Crippen LogP contribution in [0.5, 0.6) is 0 Å². The van der Waals surface area contributed by atoms with Crippen molar-refractivity contribution in [3.8, 4) is 0 Å². The number of carbonyl (C=O) groups excluding carboxylic acids is 1. The molecule has 1 radical (unpaired) electrons. The van der Waals surface area contributed by atoms with Gasteiger partial charge in [0.25, 0.3) is 0 Å². The Morgan fingerprint density at radius 2 is 2.08 bits per heavy atom. The average molecular weight is 185 g/mol. The fourth-order valence-electron chi connectivity index (χ4n) is 1.55. The summed E-state index contributed by atoms with van der Waals surface area (Å²) in [7, 11) is 0. The van der Waals surface area contributed by atoms with Crippen LogP contribution in [0.3, 0.4) is 0 Å². The van der Waals surface area contributed by atoms with Crippen LogP contribution in [0.15, 0.2) is 0 Å². The largest absolute Gasteiger partial charge is 0.450 e. The number of piperazine rings is 1. The Bertz CT molecular complexity index is 165. The molecule has 13 heavy (non-hydrogen) atoms. The quantitative estimate of drug-likeness (QED) is 0.656. The SMILES string of the molecule is CC(C)(CN1CCNCC1)O[C]=O. The zero-order valence-electron chi connectivity index (χ0n) is 8.30. The zero-order valence-corrected chi connectivity index (χ0v) is 8.30. The van der Waals surface area contributed by atoms with E-state index in [0.29, 0.717) is 0 Å². The van der Waals surface area contributed by atoms with E-state index in [1.54, 1.807) is 0 Å². The van der Waals surface area contributed by atoms with E-state index in [0.717, 1.165) is 32.7 Å². The molecule has 1 N–H and O–H groups in total. The molecule has 1 rings (SSSR count). The van der Waals surface area contributed by atoms with Gasteiger partial charge in [0.05, 0.1) is 0 Å². The molecule has 1 heterocycles. The Balaban J connectivity index is 2.32. The molecule has 4 heteroatoms. The van der Waals surface area contributed by atoms with Crippen molar-refractivity contribution in [2.24, 2.45) is 0 Å². The molecule has 75 valence electrons. The minimum Gasteiger partial charge on any atom is -0.450 e. The lowest BCUT2D eigenvalue weighted by atomic mass is 10.1. The number of hydrogen-bond donors (Lipinski definition) is 1. The van der Waals surface area contributed by atoms with Gasteiger partial charge in [-0.1, -0.05) is 0 Å². The van der Waals surface area contributed by atoms with Gasteiger partial charge in [-0.15, -0.1) is 0 Å². The summed E-state index contributed by atoms with van der Waals surface area (Å²) in [6.07, 6.45) is 0. The van der Waals surface area contributed by atoms with E-state index in [1.165, 1.54) is 6.47 Å². The maximum atomic E-state index is 10.1. The zero-order chi connectivity index (χ0) is 9.73. The summed E-state index contributed by atoms with van der Waals surface area (Å²) in [6, 6.07) is 0. The predicted molar refractivity (Wildman–Crippen MR) is 50.2 cm³/mol. The molecular weight excluding hydrogens is 168 g/mol. The molecule has 0 aliphatic carbocycles. The molecular formula is C9H17N2O2. The Kier molecular flexibility index (Phi) is 3.69. The molecule has 1 aliphatic heterocycles. The molecule has 0 bridgehead atoms. The second-order valence-corrected chi connectivity index (χ2v) is 3.97. The van der Waals surface area contributed by atoms with Crippen molar-refractivity contribution < 1.29 is 9.53 Å². The second kappa shape index (κ2) is 4.58. The molecule has 0 saturated carbocycles. The first-order valence-corrected chi connectivity index (χ1v) is 4.62. The maximum absolute atomic E-state index is 10.1. The van der Waals surface area contributed by atoms with E-state index in [1.807, 2.05) is 13.8 Å². The van der Waals surface area contributed by atoms with Gasteiger partial charge in [-0.2, -0.15) is 0 Å². The van der Waals surface area contributed by atoms with Crippen molar-refractivity contribution in [2.45, 2.75) is 19.4 Å². The van der Waals surface area contributed by atoms with Gasteiger partial charge >= 0.3 is 6.47 Å². The summed E-state index contributed by atoms with van der Waals surface area (Å²) in [5.74, 6) is 0. The number of nitrogens with one attached hydrogen (secondary N) is 1. The fourth-order valence-corrected chi connectivity index (χ4v) is 1.55. The highest BCUT2D eigenvalue weighted by Crippen LogP contribution is 2.10. The summed E-state index contributed by atoms with van der Waals surface area (Å²) in [5, 5.41) is 3.27. The van der Waals surface area contributed by atoms with Crippen LogP contribution in [0.2, 0.25) is 0 Å². The molecule has 0 aromatic carbocycles. The van der Waals surface area contributed by atoms with Crippen LogP contribution in [0.4, 0.5) is 0 Å². The smallest absolute Gasteiger partial charge is 0.418 e. The van der Waals surface area contributed by atoms with Crippen molar-refractivity contribution in [1.82, 2.24) is 10.2 Å². The molecule has 0 spiro atoms. The van der Waals surface area contributed by atoms with Crippen molar-refractivity contribution in [3.63, 3.8) is 0 Å². The van der Waals surface area contributed by atoms with Crippen LogP contribution in [0.1, 0.15) is 13.8 Å². The monoisotopic (exact) mass is 185 g/mol. The van der Waals surface area contributed by atoms with Crippen molar-refractivity contribution in [1.29, 1.82) is 0 Å². The molecule has 1 saturated heterocycles. The predicted octanol–water partition coefficient (Wildman–Crippen LogP) is -0.246. The number of nitrogens with zero attached hydrogens (tertiary/aromatic N) is 1. The maximum Gasteiger partial charge on any atom is 0.418 e. The van der Waals surface area contributed by atoms with Gasteiger partial charge in [0.2, 0.25) is 0 Å². The molecule has 0 aromatic heterocycles. The van der Waals surface area contributed by atoms with E-state index in [2.05, 4.69) is 10.2 Å². The molecule has 0 unspecified atom stereocenters. The van der Waals surface area contributed by atoms with E-state index >= 15 is 0 Å². The highest BCUT2D eigenvalue weighted by molar-refractivity contribution is 5.39. The average Bonchev–Trinajstić information content (AvgIpc) is 2.04. The normalized spacial score (nSPS) is 19.8. The van der Waals surface area contributed by atoms with Gasteiger partial charge in [0.1, 0.15) is 5.60 Å². The van der Waals surface area contributed by atoms with Gasteiger partial charge in [0.15, 0.2) is 0 Å². The van der Waals surface area contributed by atoms with Gasteiger partial charge in [0, 0.05) is 32.7 Å². The fraction of sp³-hybridized carbons (Fsp3) is 0.889. The summed E-state index contributed by atoms with van der Waals surface area (Å²) < 4.78 is 4.86. The molecule has 4 nitrogen and oxygen atoms in total. The minimum atomic E-state index is -0.418. The van der Waals surface area contributed by atoms with Crippen LogP contribution >= 0.6 is 0 Å². The van der Waals surface area contributed by atoms with Crippen LogP contribution in [0.25, 0.3) is 0 Å². The highest BCUT2D eigenvalue weighted by atomic mass is 16.5. The topological polar surface area (TPSA) is 41.6 Å². The Morgan fingerprint density at radius 1 is 1.46 bits per heavy atom. The van der Waals surface area contributed by atoms with E-state index in [-0.39, 0.29) is 0 Å². The minimum absolute atomic E-state index is 0.418. The van der Waals surface area contributed by atoms with Crippen molar-refractivity contribution in [2.75, 3.05) is 32.7 Å². The van der Waals surface area contributed by atoms with Gasteiger partial charge in [-0.05, 0) is 13.8 Å². The third-order valence-electron chi connectivity index (χ3n) is 2.13. The molecule has 0 amide bonds. The summed E-state index contributed by atoms with van der Waals surface area (Å²) >= 11 is 0. The number of ether oxygens (including phenoxy) is 1. The summed E-state index contributed by atoms with van der Waals surface area (Å²) in [5.41, 5.74) is -0.418. The van der Waals surface area contributed by atoms with Crippen LogP contribution in [0, 0.1) is 0 Å². The van der Waals surface area contributed by atoms with Gasteiger partial charge in [-0.3, -0.25) is 4.90 Å². The molecule has 1 fully saturated rings. The second-order valence-electron chi connectivity index (χ2n) is 3.97. The lowest BCUT2D eigenvalue weighted by Crippen LogP contribution is -2.49. The Labute approximate surface area is 79.2 Å². The molecule has 1 aliphatic rings. The molecule has 0 aromatic rings. The number of rotatable bonds is 4. The van der Waals surface area contributed by atoms with Gasteiger partial charge in [-0.25, -0.2) is 4.79 Å². The van der Waals surface area contributed by atoms with Crippen LogP contribution in [-0.2, 0) is 9.53 Å². The lowest BCUT2D eigenvalue weighted by Gasteiger charge is -2.33. The lowest BCUT2D eigenvalue weighted by molar-refractivity contribution is 0.0412. The first-order chi connectivity index (χ1) is 6.14. The van der Waals surface area contributed by atoms with E-state index in [4.69, 9.17) is 4.74 Å². The standard InChI is InChI=1S/C9H17N2O2/c1-9(2,13-8-12)7-11-5-3-10-4-6-11/h10H,3-7H2,1-2H3. The van der Waals surface area contributed by atoms with Crippen molar-refractivity contribution in [3.05, 3.63) is 0 Å². The highest BCUT2D eigenvalue weighted by Gasteiger charge is 2.24. The molecule has 0 atom stereocenters. The van der Waals surface area contributed by atoms with E-state index < -0.39 is 5.60 Å². The number of hydrogen-bond acceptors (Lipinski definition) is 4. The Hall–Kier alpha value is -0.610. The first kappa shape index (κ1) is 10.5. The first-order valence-electron chi connectivity index (χ1n) is 4.62. The summed E-state index contributed by atoms with van der Waals surface area (Å²) in [4.78, 5) is 12.4.